The van der Waals surface area contributed by atoms with E-state index in [0.717, 1.165) is 12.0 Å². The van der Waals surface area contributed by atoms with Crippen LogP contribution in [0.5, 0.6) is 0 Å². The first-order valence-electron chi connectivity index (χ1n) is 7.43. The molecule has 0 aromatic heterocycles. The Morgan fingerprint density at radius 3 is 2.47 bits per heavy atom. The maximum atomic E-state index is 3.59. The molecule has 2 rings (SSSR count). The molecule has 0 atom stereocenters. The SMILES string of the molecule is CCN1CCC(N(C)CCNCC2CC2)CC1. The van der Waals surface area contributed by atoms with E-state index in [1.54, 1.807) is 0 Å². The molecule has 0 aromatic carbocycles. The summed E-state index contributed by atoms with van der Waals surface area (Å²) in [6.07, 6.45) is 5.62. The zero-order chi connectivity index (χ0) is 12.1. The smallest absolute Gasteiger partial charge is 0.0117 e. The van der Waals surface area contributed by atoms with Crippen molar-refractivity contribution in [1.82, 2.24) is 15.1 Å². The van der Waals surface area contributed by atoms with Crippen molar-refractivity contribution >= 4 is 0 Å². The van der Waals surface area contributed by atoms with Crippen molar-refractivity contribution in [2.24, 2.45) is 5.92 Å². The molecule has 3 nitrogen and oxygen atoms in total. The molecule has 1 N–H and O–H groups in total. The van der Waals surface area contributed by atoms with Crippen LogP contribution in [0.1, 0.15) is 32.6 Å². The van der Waals surface area contributed by atoms with E-state index < -0.39 is 0 Å². The van der Waals surface area contributed by atoms with Crippen molar-refractivity contribution in [3.63, 3.8) is 0 Å². The molecule has 3 heteroatoms. The topological polar surface area (TPSA) is 18.5 Å². The second-order valence-electron chi connectivity index (χ2n) is 5.79. The average molecular weight is 239 g/mol. The molecule has 1 heterocycles. The summed E-state index contributed by atoms with van der Waals surface area (Å²) in [4.78, 5) is 5.13. The van der Waals surface area contributed by atoms with E-state index >= 15 is 0 Å². The standard InChI is InChI=1S/C14H29N3/c1-3-17-9-6-14(7-10-17)16(2)11-8-15-12-13-4-5-13/h13-15H,3-12H2,1-2H3. The predicted molar refractivity (Wildman–Crippen MR) is 73.4 cm³/mol. The molecule has 1 saturated carbocycles. The number of hydrogen-bond donors (Lipinski definition) is 1. The van der Waals surface area contributed by atoms with Gasteiger partial charge in [0.25, 0.3) is 0 Å². The van der Waals surface area contributed by atoms with Crippen LogP contribution < -0.4 is 5.32 Å². The Bertz CT molecular complexity index is 208. The first kappa shape index (κ1) is 13.3. The molecule has 0 spiro atoms. The van der Waals surface area contributed by atoms with Gasteiger partial charge in [-0.05, 0) is 64.8 Å². The van der Waals surface area contributed by atoms with Crippen molar-refractivity contribution in [3.8, 4) is 0 Å². The summed E-state index contributed by atoms with van der Waals surface area (Å²) in [7, 11) is 2.30. The molecule has 2 fully saturated rings. The first-order chi connectivity index (χ1) is 8.29. The Morgan fingerprint density at radius 1 is 1.18 bits per heavy atom. The maximum absolute atomic E-state index is 3.59. The van der Waals surface area contributed by atoms with E-state index in [2.05, 4.69) is 29.1 Å². The van der Waals surface area contributed by atoms with Crippen LogP contribution in [0.25, 0.3) is 0 Å². The minimum Gasteiger partial charge on any atom is -0.315 e. The lowest BCUT2D eigenvalue weighted by Gasteiger charge is -2.36. The number of likely N-dealkylation sites (tertiary alicyclic amines) is 1. The van der Waals surface area contributed by atoms with Crippen LogP contribution in [-0.4, -0.2) is 62.2 Å². The van der Waals surface area contributed by atoms with Gasteiger partial charge < -0.3 is 15.1 Å². The normalized spacial score (nSPS) is 23.5. The largest absolute Gasteiger partial charge is 0.315 e. The molecule has 0 bridgehead atoms. The van der Waals surface area contributed by atoms with E-state index in [-0.39, 0.29) is 0 Å². The van der Waals surface area contributed by atoms with Crippen molar-refractivity contribution < 1.29 is 0 Å². The van der Waals surface area contributed by atoms with E-state index in [1.807, 2.05) is 0 Å². The summed E-state index contributed by atoms with van der Waals surface area (Å²) in [5.74, 6) is 1.01. The first-order valence-corrected chi connectivity index (χ1v) is 7.43. The minimum absolute atomic E-state index is 0.820. The molecule has 0 aromatic rings. The highest BCUT2D eigenvalue weighted by Gasteiger charge is 2.22. The Hall–Kier alpha value is -0.120. The summed E-state index contributed by atoms with van der Waals surface area (Å²) in [6, 6.07) is 0.820. The molecule has 1 aliphatic carbocycles. The van der Waals surface area contributed by atoms with E-state index in [1.165, 1.54) is 65.0 Å². The summed E-state index contributed by atoms with van der Waals surface area (Å²) in [5, 5.41) is 3.59. The fourth-order valence-corrected chi connectivity index (χ4v) is 2.74. The number of rotatable bonds is 7. The second-order valence-corrected chi connectivity index (χ2v) is 5.79. The van der Waals surface area contributed by atoms with Gasteiger partial charge in [-0.2, -0.15) is 0 Å². The number of hydrogen-bond acceptors (Lipinski definition) is 3. The lowest BCUT2D eigenvalue weighted by molar-refractivity contribution is 0.132. The number of likely N-dealkylation sites (N-methyl/N-ethyl adjacent to an activating group) is 1. The highest BCUT2D eigenvalue weighted by Crippen LogP contribution is 2.27. The molecule has 0 radical (unpaired) electrons. The zero-order valence-corrected chi connectivity index (χ0v) is 11.6. The van der Waals surface area contributed by atoms with Crippen molar-refractivity contribution in [1.29, 1.82) is 0 Å². The maximum Gasteiger partial charge on any atom is 0.0117 e. The predicted octanol–water partition coefficient (Wildman–Crippen LogP) is 1.40. The second kappa shape index (κ2) is 6.72. The van der Waals surface area contributed by atoms with Gasteiger partial charge in [-0.15, -0.1) is 0 Å². The molecule has 1 saturated heterocycles. The van der Waals surface area contributed by atoms with Gasteiger partial charge in [0.15, 0.2) is 0 Å². The van der Waals surface area contributed by atoms with Crippen LogP contribution in [0.2, 0.25) is 0 Å². The van der Waals surface area contributed by atoms with Crippen LogP contribution in [0, 0.1) is 5.92 Å². The lowest BCUT2D eigenvalue weighted by atomic mass is 10.0. The summed E-state index contributed by atoms with van der Waals surface area (Å²) < 4.78 is 0. The van der Waals surface area contributed by atoms with Crippen molar-refractivity contribution in [3.05, 3.63) is 0 Å². The quantitative estimate of drug-likeness (QED) is 0.678. The van der Waals surface area contributed by atoms with Crippen LogP contribution in [0.15, 0.2) is 0 Å². The number of piperidine rings is 1. The molecule has 100 valence electrons. The van der Waals surface area contributed by atoms with Crippen LogP contribution in [-0.2, 0) is 0 Å². The third kappa shape index (κ3) is 4.57. The monoisotopic (exact) mass is 239 g/mol. The Morgan fingerprint density at radius 2 is 1.88 bits per heavy atom. The summed E-state index contributed by atoms with van der Waals surface area (Å²) in [5.41, 5.74) is 0. The molecular weight excluding hydrogens is 210 g/mol. The van der Waals surface area contributed by atoms with Gasteiger partial charge in [-0.25, -0.2) is 0 Å². The van der Waals surface area contributed by atoms with Gasteiger partial charge >= 0.3 is 0 Å². The van der Waals surface area contributed by atoms with Gasteiger partial charge in [0.05, 0.1) is 0 Å². The third-order valence-corrected chi connectivity index (χ3v) is 4.40. The molecule has 17 heavy (non-hydrogen) atoms. The Kier molecular flexibility index (Phi) is 5.26. The highest BCUT2D eigenvalue weighted by atomic mass is 15.2. The Labute approximate surface area is 107 Å². The van der Waals surface area contributed by atoms with E-state index in [0.29, 0.717) is 0 Å². The van der Waals surface area contributed by atoms with Crippen LogP contribution in [0.4, 0.5) is 0 Å². The van der Waals surface area contributed by atoms with Gasteiger partial charge in [0.2, 0.25) is 0 Å². The van der Waals surface area contributed by atoms with E-state index in [4.69, 9.17) is 0 Å². The highest BCUT2D eigenvalue weighted by molar-refractivity contribution is 4.79. The fourth-order valence-electron chi connectivity index (χ4n) is 2.74. The van der Waals surface area contributed by atoms with Crippen molar-refractivity contribution in [2.45, 2.75) is 38.6 Å². The minimum atomic E-state index is 0.820. The van der Waals surface area contributed by atoms with Gasteiger partial charge in [0, 0.05) is 19.1 Å². The molecule has 1 aliphatic heterocycles. The van der Waals surface area contributed by atoms with Crippen molar-refractivity contribution in [2.75, 3.05) is 46.3 Å². The average Bonchev–Trinajstić information content (AvgIpc) is 3.18. The third-order valence-electron chi connectivity index (χ3n) is 4.40. The summed E-state index contributed by atoms with van der Waals surface area (Å²) >= 11 is 0. The van der Waals surface area contributed by atoms with Gasteiger partial charge in [-0.3, -0.25) is 0 Å². The molecular formula is C14H29N3. The van der Waals surface area contributed by atoms with E-state index in [9.17, 15) is 0 Å². The van der Waals surface area contributed by atoms with Gasteiger partial charge in [0.1, 0.15) is 0 Å². The van der Waals surface area contributed by atoms with Gasteiger partial charge in [-0.1, -0.05) is 6.92 Å². The lowest BCUT2D eigenvalue weighted by Crippen LogP contribution is -2.45. The molecule has 0 amide bonds. The number of nitrogens with one attached hydrogen (secondary N) is 1. The summed E-state index contributed by atoms with van der Waals surface area (Å²) in [6.45, 7) is 9.71. The Balaban J connectivity index is 1.54. The molecule has 0 unspecified atom stereocenters. The number of nitrogens with zero attached hydrogens (tertiary/aromatic N) is 2. The van der Waals surface area contributed by atoms with Crippen LogP contribution >= 0.6 is 0 Å². The fraction of sp³-hybridized carbons (Fsp3) is 1.00. The molecule has 2 aliphatic rings. The van der Waals surface area contributed by atoms with Crippen LogP contribution in [0.3, 0.4) is 0 Å². The zero-order valence-electron chi connectivity index (χ0n) is 11.6.